The minimum Gasteiger partial charge on any atom is -0.369 e. The van der Waals surface area contributed by atoms with Gasteiger partial charge in [-0.15, -0.1) is 0 Å². The van der Waals surface area contributed by atoms with E-state index in [1.54, 1.807) is 6.92 Å². The molecule has 0 fully saturated rings. The van der Waals surface area contributed by atoms with Crippen molar-refractivity contribution in [2.45, 2.75) is 26.8 Å². The lowest BCUT2D eigenvalue weighted by atomic mass is 10.4. The normalized spacial score (nSPS) is 10.7. The second-order valence-corrected chi connectivity index (χ2v) is 3.75. The Kier molecular flexibility index (Phi) is 4.30. The van der Waals surface area contributed by atoms with E-state index in [1.807, 2.05) is 0 Å². The van der Waals surface area contributed by atoms with Crippen LogP contribution in [-0.2, 0) is 0 Å². The molecule has 0 saturated heterocycles. The number of H-pyrrole nitrogens is 1. The van der Waals surface area contributed by atoms with Crippen LogP contribution in [0.15, 0.2) is 10.9 Å². The summed E-state index contributed by atoms with van der Waals surface area (Å²) in [6.45, 7) is 7.56. The highest BCUT2D eigenvalue weighted by atomic mass is 16.1. The summed E-state index contributed by atoms with van der Waals surface area (Å²) in [4.78, 5) is 17.9. The number of aromatic nitrogens is 2. The number of nitrogens with one attached hydrogen (secondary N) is 3. The first-order valence-electron chi connectivity index (χ1n) is 5.13. The number of hydrogen-bond donors (Lipinski definition) is 3. The Bertz CT molecular complexity index is 359. The zero-order valence-corrected chi connectivity index (χ0v) is 9.42. The number of hydrogen-bond acceptors (Lipinski definition) is 4. The molecule has 0 aromatic carbocycles. The molecular formula is C10H18N4O. The van der Waals surface area contributed by atoms with Gasteiger partial charge in [0.1, 0.15) is 11.6 Å². The van der Waals surface area contributed by atoms with Gasteiger partial charge in [-0.1, -0.05) is 13.8 Å². The van der Waals surface area contributed by atoms with Gasteiger partial charge in [-0.25, -0.2) is 4.98 Å². The average Bonchev–Trinajstić information content (AvgIpc) is 2.10. The van der Waals surface area contributed by atoms with Crippen LogP contribution in [0.3, 0.4) is 0 Å². The highest BCUT2D eigenvalue weighted by Crippen LogP contribution is 1.96. The van der Waals surface area contributed by atoms with Crippen molar-refractivity contribution in [2.75, 3.05) is 18.4 Å². The van der Waals surface area contributed by atoms with Gasteiger partial charge in [0.05, 0.1) is 0 Å². The van der Waals surface area contributed by atoms with Gasteiger partial charge >= 0.3 is 0 Å². The highest BCUT2D eigenvalue weighted by molar-refractivity contribution is 5.32. The fourth-order valence-electron chi connectivity index (χ4n) is 1.22. The van der Waals surface area contributed by atoms with Gasteiger partial charge < -0.3 is 15.6 Å². The number of aromatic amines is 1. The van der Waals surface area contributed by atoms with Gasteiger partial charge in [0.15, 0.2) is 0 Å². The van der Waals surface area contributed by atoms with E-state index < -0.39 is 0 Å². The number of nitrogens with zero attached hydrogens (tertiary/aromatic N) is 1. The summed E-state index contributed by atoms with van der Waals surface area (Å²) in [6, 6.07) is 1.93. The number of aryl methyl sites for hydroxylation is 1. The number of anilines is 1. The number of rotatable bonds is 5. The molecule has 5 heteroatoms. The van der Waals surface area contributed by atoms with Crippen LogP contribution in [0.5, 0.6) is 0 Å². The maximum atomic E-state index is 11.1. The molecule has 0 unspecified atom stereocenters. The summed E-state index contributed by atoms with van der Waals surface area (Å²) in [7, 11) is 0. The fourth-order valence-corrected chi connectivity index (χ4v) is 1.22. The quantitative estimate of drug-likeness (QED) is 0.619. The van der Waals surface area contributed by atoms with E-state index in [0.717, 1.165) is 13.1 Å². The first-order chi connectivity index (χ1) is 7.08. The van der Waals surface area contributed by atoms with Gasteiger partial charge in [0.2, 0.25) is 0 Å². The molecule has 1 rings (SSSR count). The molecule has 0 amide bonds. The third kappa shape index (κ3) is 4.60. The summed E-state index contributed by atoms with van der Waals surface area (Å²) in [5.41, 5.74) is -0.123. The molecule has 84 valence electrons. The highest BCUT2D eigenvalue weighted by Gasteiger charge is 1.97. The van der Waals surface area contributed by atoms with Crippen molar-refractivity contribution in [1.29, 1.82) is 0 Å². The Labute approximate surface area is 89.3 Å². The van der Waals surface area contributed by atoms with Crippen molar-refractivity contribution in [3.05, 3.63) is 22.2 Å². The lowest BCUT2D eigenvalue weighted by molar-refractivity contribution is 0.602. The molecule has 0 aliphatic carbocycles. The molecule has 0 aliphatic rings. The zero-order valence-electron chi connectivity index (χ0n) is 9.42. The van der Waals surface area contributed by atoms with Crippen molar-refractivity contribution in [3.63, 3.8) is 0 Å². The summed E-state index contributed by atoms with van der Waals surface area (Å²) >= 11 is 0. The minimum absolute atomic E-state index is 0.123. The van der Waals surface area contributed by atoms with Crippen LogP contribution >= 0.6 is 0 Å². The van der Waals surface area contributed by atoms with Crippen LogP contribution in [0, 0.1) is 6.92 Å². The largest absolute Gasteiger partial charge is 0.369 e. The Hall–Kier alpha value is -1.36. The SMILES string of the molecule is Cc1nc(NCCNC(C)C)cc(=O)[nH]1. The average molecular weight is 210 g/mol. The predicted molar refractivity (Wildman–Crippen MR) is 61.2 cm³/mol. The lowest BCUT2D eigenvalue weighted by Gasteiger charge is -2.09. The van der Waals surface area contributed by atoms with Crippen molar-refractivity contribution >= 4 is 5.82 Å². The maximum absolute atomic E-state index is 11.1. The molecule has 0 radical (unpaired) electrons. The van der Waals surface area contributed by atoms with Crippen LogP contribution in [-0.4, -0.2) is 29.1 Å². The van der Waals surface area contributed by atoms with Crippen molar-refractivity contribution in [3.8, 4) is 0 Å². The second-order valence-electron chi connectivity index (χ2n) is 3.75. The van der Waals surface area contributed by atoms with Gasteiger partial charge in [-0.05, 0) is 6.92 Å². The first-order valence-corrected chi connectivity index (χ1v) is 5.13. The van der Waals surface area contributed by atoms with E-state index in [4.69, 9.17) is 0 Å². The maximum Gasteiger partial charge on any atom is 0.252 e. The minimum atomic E-state index is -0.123. The Morgan fingerprint density at radius 3 is 2.80 bits per heavy atom. The Morgan fingerprint density at radius 1 is 1.47 bits per heavy atom. The van der Waals surface area contributed by atoms with Gasteiger partial charge in [0, 0.05) is 25.2 Å². The van der Waals surface area contributed by atoms with Crippen LogP contribution < -0.4 is 16.2 Å². The molecule has 0 bridgehead atoms. The zero-order chi connectivity index (χ0) is 11.3. The van der Waals surface area contributed by atoms with Crippen LogP contribution in [0.4, 0.5) is 5.82 Å². The molecule has 1 heterocycles. The van der Waals surface area contributed by atoms with E-state index in [9.17, 15) is 4.79 Å². The lowest BCUT2D eigenvalue weighted by Crippen LogP contribution is -2.28. The monoisotopic (exact) mass is 210 g/mol. The summed E-state index contributed by atoms with van der Waals surface area (Å²) in [5.74, 6) is 1.25. The molecule has 0 spiro atoms. The van der Waals surface area contributed by atoms with Crippen molar-refractivity contribution in [2.24, 2.45) is 0 Å². The summed E-state index contributed by atoms with van der Waals surface area (Å²) in [5, 5.41) is 6.36. The summed E-state index contributed by atoms with van der Waals surface area (Å²) < 4.78 is 0. The van der Waals surface area contributed by atoms with E-state index in [-0.39, 0.29) is 5.56 Å². The molecule has 3 N–H and O–H groups in total. The van der Waals surface area contributed by atoms with E-state index in [1.165, 1.54) is 6.07 Å². The van der Waals surface area contributed by atoms with E-state index in [2.05, 4.69) is 34.4 Å². The molecular weight excluding hydrogens is 192 g/mol. The van der Waals surface area contributed by atoms with E-state index in [0.29, 0.717) is 17.7 Å². The standard InChI is InChI=1S/C10H18N4O/c1-7(2)11-4-5-12-9-6-10(15)14-8(3)13-9/h6-7,11H,4-5H2,1-3H3,(H2,12,13,14,15). The van der Waals surface area contributed by atoms with Gasteiger partial charge in [0.25, 0.3) is 5.56 Å². The molecule has 1 aromatic rings. The molecule has 0 aliphatic heterocycles. The van der Waals surface area contributed by atoms with Crippen LogP contribution in [0.25, 0.3) is 0 Å². The molecule has 15 heavy (non-hydrogen) atoms. The first kappa shape index (κ1) is 11.7. The molecule has 0 atom stereocenters. The van der Waals surface area contributed by atoms with Gasteiger partial charge in [-0.2, -0.15) is 0 Å². The van der Waals surface area contributed by atoms with Crippen molar-refractivity contribution in [1.82, 2.24) is 15.3 Å². The second kappa shape index (κ2) is 5.50. The van der Waals surface area contributed by atoms with E-state index >= 15 is 0 Å². The Balaban J connectivity index is 2.40. The predicted octanol–water partition coefficient (Wildman–Crippen LogP) is 0.488. The third-order valence-electron chi connectivity index (χ3n) is 1.84. The third-order valence-corrected chi connectivity index (χ3v) is 1.84. The van der Waals surface area contributed by atoms with Crippen LogP contribution in [0.2, 0.25) is 0 Å². The van der Waals surface area contributed by atoms with Crippen LogP contribution in [0.1, 0.15) is 19.7 Å². The van der Waals surface area contributed by atoms with Gasteiger partial charge in [-0.3, -0.25) is 4.79 Å². The Morgan fingerprint density at radius 2 is 2.20 bits per heavy atom. The molecule has 5 nitrogen and oxygen atoms in total. The molecule has 0 saturated carbocycles. The summed E-state index contributed by atoms with van der Waals surface area (Å²) in [6.07, 6.45) is 0. The smallest absolute Gasteiger partial charge is 0.252 e. The molecule has 1 aromatic heterocycles. The fraction of sp³-hybridized carbons (Fsp3) is 0.600. The van der Waals surface area contributed by atoms with Crippen molar-refractivity contribution < 1.29 is 0 Å². The topological polar surface area (TPSA) is 69.8 Å².